The molecule has 0 aromatic carbocycles. The fraction of sp³-hybridized carbons (Fsp3) is 0.692. The van der Waals surface area contributed by atoms with E-state index in [-0.39, 0.29) is 24.8 Å². The number of hydrogen-bond acceptors (Lipinski definition) is 2. The van der Waals surface area contributed by atoms with Gasteiger partial charge in [-0.1, -0.05) is 6.42 Å². The fourth-order valence-electron chi connectivity index (χ4n) is 2.76. The first-order valence-corrected chi connectivity index (χ1v) is 7.13. The molecule has 1 aromatic heterocycles. The Bertz CT molecular complexity index is 399. The van der Waals surface area contributed by atoms with Gasteiger partial charge in [0.15, 0.2) is 0 Å². The topological polar surface area (TPSA) is 26.0 Å². The van der Waals surface area contributed by atoms with Gasteiger partial charge < -0.3 is 5.73 Å². The number of aryl methyl sites for hydroxylation is 1. The lowest BCUT2D eigenvalue weighted by molar-refractivity contribution is -0.186. The van der Waals surface area contributed by atoms with Crippen LogP contribution in [0.5, 0.6) is 0 Å². The average Bonchev–Trinajstić information content (AvgIpc) is 2.74. The van der Waals surface area contributed by atoms with E-state index >= 15 is 0 Å². The molecule has 1 aliphatic carbocycles. The van der Waals surface area contributed by atoms with Crippen molar-refractivity contribution in [3.8, 4) is 0 Å². The monoisotopic (exact) mass is 277 g/mol. The summed E-state index contributed by atoms with van der Waals surface area (Å²) in [5, 5.41) is 1.97. The zero-order valence-corrected chi connectivity index (χ0v) is 11.2. The van der Waals surface area contributed by atoms with Crippen LogP contribution in [0, 0.1) is 18.8 Å². The molecule has 5 heteroatoms. The second-order valence-electron chi connectivity index (χ2n) is 5.18. The number of nitrogens with two attached hydrogens (primary N) is 1. The zero-order chi connectivity index (χ0) is 13.3. The molecule has 1 fully saturated rings. The lowest BCUT2D eigenvalue weighted by atomic mass is 9.76. The summed E-state index contributed by atoms with van der Waals surface area (Å²) in [6.45, 7) is 1.99. The zero-order valence-electron chi connectivity index (χ0n) is 10.3. The van der Waals surface area contributed by atoms with Gasteiger partial charge >= 0.3 is 6.18 Å². The molecule has 0 radical (unpaired) electrons. The Morgan fingerprint density at radius 1 is 1.39 bits per heavy atom. The molecule has 102 valence electrons. The number of halogens is 3. The second kappa shape index (κ2) is 5.21. The van der Waals surface area contributed by atoms with E-state index in [2.05, 4.69) is 0 Å². The summed E-state index contributed by atoms with van der Waals surface area (Å²) in [5.74, 6) is -1.21. The van der Waals surface area contributed by atoms with Crippen LogP contribution in [-0.2, 0) is 0 Å². The third-order valence-electron chi connectivity index (χ3n) is 3.82. The molecule has 0 spiro atoms. The van der Waals surface area contributed by atoms with Crippen LogP contribution in [0.15, 0.2) is 11.4 Å². The van der Waals surface area contributed by atoms with E-state index in [0.717, 1.165) is 16.9 Å². The molecule has 2 N–H and O–H groups in total. The number of hydrogen-bond donors (Lipinski definition) is 1. The Labute approximate surface area is 109 Å². The molecule has 1 saturated carbocycles. The van der Waals surface area contributed by atoms with Gasteiger partial charge in [-0.15, -0.1) is 11.3 Å². The summed E-state index contributed by atoms with van der Waals surface area (Å²) >= 11 is 1.60. The van der Waals surface area contributed by atoms with Gasteiger partial charge in [-0.05, 0) is 49.1 Å². The molecule has 1 aliphatic rings. The number of thiophene rings is 1. The highest BCUT2D eigenvalue weighted by Crippen LogP contribution is 2.43. The summed E-state index contributed by atoms with van der Waals surface area (Å²) in [6, 6.07) is 1.74. The molecule has 0 aliphatic heterocycles. The molecule has 0 saturated heterocycles. The van der Waals surface area contributed by atoms with Crippen molar-refractivity contribution in [1.29, 1.82) is 0 Å². The second-order valence-corrected chi connectivity index (χ2v) is 6.30. The maximum Gasteiger partial charge on any atom is 0.391 e. The summed E-state index contributed by atoms with van der Waals surface area (Å²) < 4.78 is 38.2. The highest BCUT2D eigenvalue weighted by Gasteiger charge is 2.43. The van der Waals surface area contributed by atoms with Gasteiger partial charge in [-0.25, -0.2) is 0 Å². The van der Waals surface area contributed by atoms with E-state index in [0.29, 0.717) is 6.42 Å². The van der Waals surface area contributed by atoms with Crippen LogP contribution in [0.4, 0.5) is 13.2 Å². The highest BCUT2D eigenvalue weighted by atomic mass is 32.1. The maximum absolute atomic E-state index is 12.7. The van der Waals surface area contributed by atoms with Crippen molar-refractivity contribution in [3.63, 3.8) is 0 Å². The Balaban J connectivity index is 2.05. The Kier molecular flexibility index (Phi) is 4.02. The Hall–Kier alpha value is -0.550. The van der Waals surface area contributed by atoms with E-state index in [9.17, 15) is 13.2 Å². The molecular weight excluding hydrogens is 259 g/mol. The lowest BCUT2D eigenvalue weighted by Gasteiger charge is -2.33. The van der Waals surface area contributed by atoms with Crippen LogP contribution < -0.4 is 5.73 Å². The van der Waals surface area contributed by atoms with Crippen LogP contribution in [0.1, 0.15) is 42.2 Å². The van der Waals surface area contributed by atoms with Gasteiger partial charge in [0, 0.05) is 10.9 Å². The molecular formula is C13H18F3NS. The van der Waals surface area contributed by atoms with Crippen molar-refractivity contribution in [2.24, 2.45) is 17.6 Å². The smallest absolute Gasteiger partial charge is 0.324 e. The van der Waals surface area contributed by atoms with E-state index in [4.69, 9.17) is 5.73 Å². The minimum atomic E-state index is -4.07. The third kappa shape index (κ3) is 3.06. The SMILES string of the molecule is Cc1cc(C(N)C2CCCC(C(F)(F)F)C2)cs1. The first kappa shape index (κ1) is 13.9. The van der Waals surface area contributed by atoms with E-state index in [1.807, 2.05) is 18.4 Å². The lowest BCUT2D eigenvalue weighted by Crippen LogP contribution is -2.33. The molecule has 1 nitrogen and oxygen atoms in total. The minimum absolute atomic E-state index is 0.0422. The van der Waals surface area contributed by atoms with Gasteiger partial charge in [0.2, 0.25) is 0 Å². The van der Waals surface area contributed by atoms with E-state index in [1.165, 1.54) is 0 Å². The van der Waals surface area contributed by atoms with Gasteiger partial charge in [0.25, 0.3) is 0 Å². The largest absolute Gasteiger partial charge is 0.391 e. The summed E-state index contributed by atoms with van der Waals surface area (Å²) in [7, 11) is 0. The normalized spacial score (nSPS) is 27.2. The van der Waals surface area contributed by atoms with Crippen molar-refractivity contribution in [3.05, 3.63) is 21.9 Å². The molecule has 1 aromatic rings. The molecule has 0 bridgehead atoms. The molecule has 3 unspecified atom stereocenters. The van der Waals surface area contributed by atoms with E-state index in [1.54, 1.807) is 11.3 Å². The first-order valence-electron chi connectivity index (χ1n) is 6.25. The standard InChI is InChI=1S/C13H18F3NS/c1-8-5-10(7-18-8)12(17)9-3-2-4-11(6-9)13(14,15)16/h5,7,9,11-12H,2-4,6,17H2,1H3. The predicted octanol–water partition coefficient (Wildman–Crippen LogP) is 4.43. The number of alkyl halides is 3. The minimum Gasteiger partial charge on any atom is -0.324 e. The molecule has 3 atom stereocenters. The van der Waals surface area contributed by atoms with Crippen molar-refractivity contribution in [2.45, 2.75) is 44.8 Å². The molecule has 18 heavy (non-hydrogen) atoms. The average molecular weight is 277 g/mol. The molecule has 1 heterocycles. The van der Waals surface area contributed by atoms with Gasteiger partial charge in [-0.2, -0.15) is 13.2 Å². The van der Waals surface area contributed by atoms with Crippen molar-refractivity contribution in [1.82, 2.24) is 0 Å². The van der Waals surface area contributed by atoms with Crippen LogP contribution in [0.25, 0.3) is 0 Å². The Morgan fingerprint density at radius 3 is 2.67 bits per heavy atom. The van der Waals surface area contributed by atoms with Crippen LogP contribution in [0.2, 0.25) is 0 Å². The van der Waals surface area contributed by atoms with Crippen molar-refractivity contribution < 1.29 is 13.2 Å². The summed E-state index contributed by atoms with van der Waals surface area (Å²) in [5.41, 5.74) is 7.12. The van der Waals surface area contributed by atoms with Crippen LogP contribution >= 0.6 is 11.3 Å². The molecule has 0 amide bonds. The van der Waals surface area contributed by atoms with Crippen LogP contribution in [-0.4, -0.2) is 6.18 Å². The van der Waals surface area contributed by atoms with Crippen molar-refractivity contribution in [2.75, 3.05) is 0 Å². The third-order valence-corrected chi connectivity index (χ3v) is 4.70. The fourth-order valence-corrected chi connectivity index (χ4v) is 3.51. The summed E-state index contributed by atoms with van der Waals surface area (Å²) in [4.78, 5) is 1.16. The highest BCUT2D eigenvalue weighted by molar-refractivity contribution is 7.10. The van der Waals surface area contributed by atoms with Gasteiger partial charge in [-0.3, -0.25) is 0 Å². The first-order chi connectivity index (χ1) is 8.38. The maximum atomic E-state index is 12.7. The quantitative estimate of drug-likeness (QED) is 0.850. The van der Waals surface area contributed by atoms with Gasteiger partial charge in [0.05, 0.1) is 5.92 Å². The molecule has 2 rings (SSSR count). The van der Waals surface area contributed by atoms with Gasteiger partial charge in [0.1, 0.15) is 0 Å². The Morgan fingerprint density at radius 2 is 2.11 bits per heavy atom. The summed E-state index contributed by atoms with van der Waals surface area (Å²) in [6.07, 6.45) is -2.19. The van der Waals surface area contributed by atoms with Crippen molar-refractivity contribution >= 4 is 11.3 Å². The van der Waals surface area contributed by atoms with Crippen LogP contribution in [0.3, 0.4) is 0 Å². The predicted molar refractivity (Wildman–Crippen MR) is 67.5 cm³/mol. The van der Waals surface area contributed by atoms with E-state index < -0.39 is 12.1 Å². The number of rotatable bonds is 2.